The molecule has 0 saturated carbocycles. The Morgan fingerprint density at radius 3 is 2.70 bits per heavy atom. The van der Waals surface area contributed by atoms with Crippen LogP contribution in [0.2, 0.25) is 5.02 Å². The van der Waals surface area contributed by atoms with Crippen LogP contribution in [0, 0.1) is 5.82 Å². The number of fused-ring (bicyclic) bond motifs is 1. The Hall–Kier alpha value is -1.42. The Labute approximate surface area is 141 Å². The highest BCUT2D eigenvalue weighted by Crippen LogP contribution is 2.46. The van der Waals surface area contributed by atoms with Crippen molar-refractivity contribution in [1.82, 2.24) is 4.90 Å². The molecule has 122 valence electrons. The number of benzene rings is 2. The maximum absolute atomic E-state index is 14.5. The first-order valence-corrected chi connectivity index (χ1v) is 8.23. The van der Waals surface area contributed by atoms with Gasteiger partial charge in [-0.05, 0) is 62.8 Å². The number of hydrogen-bond donors (Lipinski definition) is 0. The van der Waals surface area contributed by atoms with Gasteiger partial charge < -0.3 is 9.64 Å². The lowest BCUT2D eigenvalue weighted by Crippen LogP contribution is -2.29. The van der Waals surface area contributed by atoms with E-state index in [0.717, 1.165) is 30.5 Å². The van der Waals surface area contributed by atoms with Crippen LogP contribution in [0.5, 0.6) is 0 Å². The van der Waals surface area contributed by atoms with Crippen LogP contribution < -0.4 is 0 Å². The lowest BCUT2D eigenvalue weighted by Gasteiger charge is -2.31. The van der Waals surface area contributed by atoms with E-state index in [0.29, 0.717) is 17.2 Å². The predicted octanol–water partition coefficient (Wildman–Crippen LogP) is 4.59. The molecular weight excluding hydrogens is 313 g/mol. The molecule has 0 aliphatic carbocycles. The standard InChI is InChI=1S/C19H21ClFNO/c1-22(2)11-5-10-19(17-6-3-4-7-18(17)21)16-9-8-15(20)12-14(16)13-23-19/h3-4,6-9,12H,5,10-11,13H2,1-2H3. The summed E-state index contributed by atoms with van der Waals surface area (Å²) in [7, 11) is 4.08. The van der Waals surface area contributed by atoms with Crippen LogP contribution in [0.3, 0.4) is 0 Å². The summed E-state index contributed by atoms with van der Waals surface area (Å²) in [5.74, 6) is -0.222. The van der Waals surface area contributed by atoms with Crippen LogP contribution in [-0.4, -0.2) is 25.5 Å². The molecule has 23 heavy (non-hydrogen) atoms. The topological polar surface area (TPSA) is 12.5 Å². The van der Waals surface area contributed by atoms with Gasteiger partial charge in [0.05, 0.1) is 6.61 Å². The number of nitrogens with zero attached hydrogens (tertiary/aromatic N) is 1. The summed E-state index contributed by atoms with van der Waals surface area (Å²) in [6.07, 6.45) is 1.66. The third-order valence-corrected chi connectivity index (χ3v) is 4.65. The van der Waals surface area contributed by atoms with Crippen molar-refractivity contribution in [3.8, 4) is 0 Å². The molecule has 1 unspecified atom stereocenters. The van der Waals surface area contributed by atoms with Gasteiger partial charge in [-0.25, -0.2) is 4.39 Å². The number of ether oxygens (including phenoxy) is 1. The molecule has 1 aliphatic rings. The highest BCUT2D eigenvalue weighted by atomic mass is 35.5. The van der Waals surface area contributed by atoms with Crippen molar-refractivity contribution in [3.05, 3.63) is 70.0 Å². The van der Waals surface area contributed by atoms with Crippen molar-refractivity contribution >= 4 is 11.6 Å². The van der Waals surface area contributed by atoms with Gasteiger partial charge in [0.2, 0.25) is 0 Å². The predicted molar refractivity (Wildman–Crippen MR) is 91.2 cm³/mol. The van der Waals surface area contributed by atoms with Crippen LogP contribution in [-0.2, 0) is 16.9 Å². The molecule has 0 bridgehead atoms. The van der Waals surface area contributed by atoms with Gasteiger partial charge in [0.1, 0.15) is 11.4 Å². The summed E-state index contributed by atoms with van der Waals surface area (Å²) >= 11 is 6.10. The molecule has 1 heterocycles. The molecule has 2 nitrogen and oxygen atoms in total. The molecule has 4 heteroatoms. The number of hydrogen-bond acceptors (Lipinski definition) is 2. The molecule has 1 atom stereocenters. The average molecular weight is 334 g/mol. The van der Waals surface area contributed by atoms with Crippen molar-refractivity contribution in [2.24, 2.45) is 0 Å². The quantitative estimate of drug-likeness (QED) is 0.793. The van der Waals surface area contributed by atoms with Gasteiger partial charge in [-0.2, -0.15) is 0 Å². The zero-order valence-electron chi connectivity index (χ0n) is 13.5. The minimum Gasteiger partial charge on any atom is -0.361 e. The molecular formula is C19H21ClFNO. The molecule has 1 aliphatic heterocycles. The average Bonchev–Trinajstić information content (AvgIpc) is 2.86. The Kier molecular flexibility index (Phi) is 4.72. The second-order valence-electron chi connectivity index (χ2n) is 6.30. The fraction of sp³-hybridized carbons (Fsp3) is 0.368. The number of rotatable bonds is 5. The number of halogens is 2. The lowest BCUT2D eigenvalue weighted by molar-refractivity contribution is -0.0163. The van der Waals surface area contributed by atoms with E-state index in [-0.39, 0.29) is 5.82 Å². The maximum atomic E-state index is 14.5. The van der Waals surface area contributed by atoms with Crippen LogP contribution in [0.4, 0.5) is 4.39 Å². The van der Waals surface area contributed by atoms with Crippen molar-refractivity contribution in [1.29, 1.82) is 0 Å². The van der Waals surface area contributed by atoms with Crippen LogP contribution in [0.1, 0.15) is 29.5 Å². The Bertz CT molecular complexity index is 704. The molecule has 2 aromatic carbocycles. The van der Waals surface area contributed by atoms with E-state index in [1.165, 1.54) is 6.07 Å². The van der Waals surface area contributed by atoms with Crippen LogP contribution in [0.15, 0.2) is 42.5 Å². The molecule has 0 saturated heterocycles. The van der Waals surface area contributed by atoms with E-state index in [1.807, 2.05) is 44.4 Å². The summed E-state index contributed by atoms with van der Waals surface area (Å²) in [6.45, 7) is 1.40. The third kappa shape index (κ3) is 3.14. The summed E-state index contributed by atoms with van der Waals surface area (Å²) in [5, 5.41) is 0.685. The van der Waals surface area contributed by atoms with Crippen molar-refractivity contribution in [2.45, 2.75) is 25.0 Å². The van der Waals surface area contributed by atoms with E-state index >= 15 is 0 Å². The fourth-order valence-electron chi connectivity index (χ4n) is 3.35. The molecule has 0 spiro atoms. The van der Waals surface area contributed by atoms with Crippen molar-refractivity contribution in [2.75, 3.05) is 20.6 Å². The molecule has 0 aromatic heterocycles. The Morgan fingerprint density at radius 2 is 1.96 bits per heavy atom. The zero-order valence-corrected chi connectivity index (χ0v) is 14.2. The Morgan fingerprint density at radius 1 is 1.17 bits per heavy atom. The highest BCUT2D eigenvalue weighted by molar-refractivity contribution is 6.30. The van der Waals surface area contributed by atoms with Gasteiger partial charge in [-0.1, -0.05) is 35.9 Å². The minimum atomic E-state index is -0.721. The van der Waals surface area contributed by atoms with Gasteiger partial charge in [0, 0.05) is 10.6 Å². The molecule has 2 aromatic rings. The summed E-state index contributed by atoms with van der Waals surface area (Å²) in [4.78, 5) is 2.13. The first-order valence-electron chi connectivity index (χ1n) is 7.85. The van der Waals surface area contributed by atoms with E-state index < -0.39 is 5.60 Å². The molecule has 0 fully saturated rings. The smallest absolute Gasteiger partial charge is 0.129 e. The molecule has 0 N–H and O–H groups in total. The first kappa shape index (κ1) is 16.4. The normalized spacial score (nSPS) is 20.0. The third-order valence-electron chi connectivity index (χ3n) is 4.42. The van der Waals surface area contributed by atoms with Gasteiger partial charge in [-0.3, -0.25) is 0 Å². The minimum absolute atomic E-state index is 0.222. The lowest BCUT2D eigenvalue weighted by atomic mass is 9.81. The first-order chi connectivity index (χ1) is 11.0. The van der Waals surface area contributed by atoms with E-state index in [9.17, 15) is 4.39 Å². The van der Waals surface area contributed by atoms with Gasteiger partial charge in [0.25, 0.3) is 0 Å². The monoisotopic (exact) mass is 333 g/mol. The maximum Gasteiger partial charge on any atom is 0.129 e. The second-order valence-corrected chi connectivity index (χ2v) is 6.74. The summed E-state index contributed by atoms with van der Waals surface area (Å²) in [5.41, 5.74) is 1.97. The second kappa shape index (κ2) is 6.60. The van der Waals surface area contributed by atoms with Gasteiger partial charge in [0.15, 0.2) is 0 Å². The van der Waals surface area contributed by atoms with E-state index in [2.05, 4.69) is 4.90 Å². The fourth-order valence-corrected chi connectivity index (χ4v) is 3.55. The summed E-state index contributed by atoms with van der Waals surface area (Å²) in [6, 6.07) is 12.7. The van der Waals surface area contributed by atoms with Gasteiger partial charge in [-0.15, -0.1) is 0 Å². The van der Waals surface area contributed by atoms with Crippen molar-refractivity contribution in [3.63, 3.8) is 0 Å². The molecule has 0 amide bonds. The largest absolute Gasteiger partial charge is 0.361 e. The van der Waals surface area contributed by atoms with E-state index in [4.69, 9.17) is 16.3 Å². The SMILES string of the molecule is CN(C)CCCC1(c2ccccc2F)OCc2cc(Cl)ccc21. The van der Waals surface area contributed by atoms with Gasteiger partial charge >= 0.3 is 0 Å². The molecule has 0 radical (unpaired) electrons. The van der Waals surface area contributed by atoms with Crippen molar-refractivity contribution < 1.29 is 9.13 Å². The highest BCUT2D eigenvalue weighted by Gasteiger charge is 2.42. The Balaban J connectivity index is 2.05. The van der Waals surface area contributed by atoms with Crippen LogP contribution >= 0.6 is 11.6 Å². The zero-order chi connectivity index (χ0) is 16.4. The molecule has 3 rings (SSSR count). The summed E-state index contributed by atoms with van der Waals surface area (Å²) < 4.78 is 20.7. The van der Waals surface area contributed by atoms with E-state index in [1.54, 1.807) is 6.07 Å². The van der Waals surface area contributed by atoms with Crippen LogP contribution in [0.25, 0.3) is 0 Å².